The van der Waals surface area contributed by atoms with Crippen LogP contribution in [-0.4, -0.2) is 14.8 Å². The Bertz CT molecular complexity index is 314. The normalized spacial score (nSPS) is 16.9. The molecule has 0 bridgehead atoms. The summed E-state index contributed by atoms with van der Waals surface area (Å²) in [4.78, 5) is 0.430. The smallest absolute Gasteiger partial charge is 0.107 e. The van der Waals surface area contributed by atoms with E-state index in [0.29, 0.717) is 4.99 Å². The first kappa shape index (κ1) is 8.69. The van der Waals surface area contributed by atoms with E-state index >= 15 is 0 Å². The predicted octanol–water partition coefficient (Wildman–Crippen LogP) is 1.32. The zero-order valence-corrected chi connectivity index (χ0v) is 8.26. The van der Waals surface area contributed by atoms with E-state index in [1.807, 2.05) is 10.9 Å². The molecular weight excluding hydrogens is 182 g/mol. The second-order valence-electron chi connectivity index (χ2n) is 3.61. The molecule has 1 aliphatic carbocycles. The highest BCUT2D eigenvalue weighted by Gasteiger charge is 2.18. The Morgan fingerprint density at radius 2 is 2.46 bits per heavy atom. The fraction of sp³-hybridized carbons (Fsp3) is 0.556. The number of hydrogen-bond donors (Lipinski definition) is 1. The van der Waals surface area contributed by atoms with Crippen LogP contribution in [0.5, 0.6) is 0 Å². The molecule has 0 unspecified atom stereocenters. The van der Waals surface area contributed by atoms with E-state index in [9.17, 15) is 0 Å². The van der Waals surface area contributed by atoms with Gasteiger partial charge in [0.1, 0.15) is 4.99 Å². The second kappa shape index (κ2) is 3.46. The first-order chi connectivity index (χ1) is 6.25. The molecule has 2 N–H and O–H groups in total. The van der Waals surface area contributed by atoms with Crippen molar-refractivity contribution in [3.63, 3.8) is 0 Å². The van der Waals surface area contributed by atoms with Gasteiger partial charge in [-0.1, -0.05) is 18.6 Å². The molecular formula is C9H13N3S. The monoisotopic (exact) mass is 195 g/mol. The average Bonchev–Trinajstić information content (AvgIpc) is 2.44. The summed E-state index contributed by atoms with van der Waals surface area (Å²) in [5.41, 5.74) is 6.35. The van der Waals surface area contributed by atoms with Crippen LogP contribution < -0.4 is 5.73 Å². The first-order valence-electron chi connectivity index (χ1n) is 4.58. The Balaban J connectivity index is 2.00. The number of hydrogen-bond acceptors (Lipinski definition) is 2. The molecule has 0 atom stereocenters. The van der Waals surface area contributed by atoms with E-state index in [4.69, 9.17) is 18.0 Å². The lowest BCUT2D eigenvalue weighted by Crippen LogP contribution is -2.18. The Hall–Kier alpha value is -0.900. The molecule has 4 heteroatoms. The molecule has 0 saturated heterocycles. The van der Waals surface area contributed by atoms with Crippen LogP contribution in [0.2, 0.25) is 0 Å². The topological polar surface area (TPSA) is 43.8 Å². The summed E-state index contributed by atoms with van der Waals surface area (Å²) in [5, 5.41) is 4.21. The summed E-state index contributed by atoms with van der Waals surface area (Å²) >= 11 is 4.86. The van der Waals surface area contributed by atoms with E-state index in [1.165, 1.54) is 19.3 Å². The maximum absolute atomic E-state index is 5.48. The minimum Gasteiger partial charge on any atom is -0.389 e. The number of nitrogens with zero attached hydrogens (tertiary/aromatic N) is 2. The van der Waals surface area contributed by atoms with Crippen LogP contribution in [0.3, 0.4) is 0 Å². The Morgan fingerprint density at radius 1 is 1.69 bits per heavy atom. The molecule has 70 valence electrons. The van der Waals surface area contributed by atoms with Crippen LogP contribution in [0, 0.1) is 5.92 Å². The van der Waals surface area contributed by atoms with Crippen LogP contribution in [0.4, 0.5) is 0 Å². The lowest BCUT2D eigenvalue weighted by atomic mass is 9.85. The van der Waals surface area contributed by atoms with Gasteiger partial charge in [0.15, 0.2) is 0 Å². The second-order valence-corrected chi connectivity index (χ2v) is 4.05. The third-order valence-electron chi connectivity index (χ3n) is 2.59. The maximum atomic E-state index is 5.48. The summed E-state index contributed by atoms with van der Waals surface area (Å²) in [6.07, 6.45) is 7.71. The van der Waals surface area contributed by atoms with Crippen molar-refractivity contribution in [3.8, 4) is 0 Å². The molecule has 1 aromatic rings. The molecule has 1 aromatic heterocycles. The lowest BCUT2D eigenvalue weighted by molar-refractivity contribution is 0.266. The number of rotatable bonds is 3. The Kier molecular flexibility index (Phi) is 2.31. The lowest BCUT2D eigenvalue weighted by Gasteiger charge is -2.24. The molecule has 0 spiro atoms. The maximum Gasteiger partial charge on any atom is 0.107 e. The molecule has 3 nitrogen and oxygen atoms in total. The van der Waals surface area contributed by atoms with Crippen molar-refractivity contribution in [1.82, 2.24) is 9.78 Å². The van der Waals surface area contributed by atoms with E-state index < -0.39 is 0 Å². The molecule has 2 rings (SSSR count). The number of thiocarbonyl (C=S) groups is 1. The molecule has 0 aliphatic heterocycles. The first-order valence-corrected chi connectivity index (χ1v) is 4.99. The van der Waals surface area contributed by atoms with Gasteiger partial charge in [0.25, 0.3) is 0 Å². The number of aromatic nitrogens is 2. The van der Waals surface area contributed by atoms with Crippen LogP contribution in [0.15, 0.2) is 12.4 Å². The van der Waals surface area contributed by atoms with E-state index in [-0.39, 0.29) is 0 Å². The van der Waals surface area contributed by atoms with Crippen molar-refractivity contribution in [2.75, 3.05) is 0 Å². The van der Waals surface area contributed by atoms with Crippen LogP contribution in [0.25, 0.3) is 0 Å². The van der Waals surface area contributed by atoms with Crippen molar-refractivity contribution in [2.45, 2.75) is 25.8 Å². The largest absolute Gasteiger partial charge is 0.389 e. The van der Waals surface area contributed by atoms with Gasteiger partial charge >= 0.3 is 0 Å². The Labute approximate surface area is 82.9 Å². The third kappa shape index (κ3) is 1.88. The Morgan fingerprint density at radius 3 is 2.92 bits per heavy atom. The van der Waals surface area contributed by atoms with Gasteiger partial charge in [0.2, 0.25) is 0 Å². The van der Waals surface area contributed by atoms with Gasteiger partial charge in [-0.15, -0.1) is 0 Å². The molecule has 13 heavy (non-hydrogen) atoms. The highest BCUT2D eigenvalue weighted by Crippen LogP contribution is 2.27. The van der Waals surface area contributed by atoms with Crippen LogP contribution >= 0.6 is 12.2 Å². The molecule has 1 heterocycles. The van der Waals surface area contributed by atoms with Crippen LogP contribution in [-0.2, 0) is 6.54 Å². The highest BCUT2D eigenvalue weighted by molar-refractivity contribution is 7.80. The van der Waals surface area contributed by atoms with Crippen molar-refractivity contribution < 1.29 is 0 Å². The number of nitrogens with two attached hydrogens (primary N) is 1. The summed E-state index contributed by atoms with van der Waals surface area (Å²) < 4.78 is 1.94. The summed E-state index contributed by atoms with van der Waals surface area (Å²) in [6.45, 7) is 1.02. The van der Waals surface area contributed by atoms with Gasteiger partial charge in [0, 0.05) is 18.3 Å². The van der Waals surface area contributed by atoms with E-state index in [1.54, 1.807) is 6.20 Å². The van der Waals surface area contributed by atoms with Gasteiger partial charge in [-0.3, -0.25) is 4.68 Å². The van der Waals surface area contributed by atoms with Gasteiger partial charge in [0.05, 0.1) is 6.20 Å². The SMILES string of the molecule is NC(=S)c1cnn(CC2CCC2)c1. The molecule has 0 aromatic carbocycles. The van der Waals surface area contributed by atoms with E-state index in [2.05, 4.69) is 5.10 Å². The van der Waals surface area contributed by atoms with Gasteiger partial charge in [-0.2, -0.15) is 5.10 Å². The van der Waals surface area contributed by atoms with Gasteiger partial charge < -0.3 is 5.73 Å². The van der Waals surface area contributed by atoms with Crippen LogP contribution in [0.1, 0.15) is 24.8 Å². The quantitative estimate of drug-likeness (QED) is 0.740. The minimum atomic E-state index is 0.430. The highest BCUT2D eigenvalue weighted by atomic mass is 32.1. The summed E-state index contributed by atoms with van der Waals surface area (Å²) in [5.74, 6) is 0.819. The van der Waals surface area contributed by atoms with Crippen molar-refractivity contribution in [2.24, 2.45) is 11.7 Å². The molecule has 1 saturated carbocycles. The van der Waals surface area contributed by atoms with Gasteiger partial charge in [-0.25, -0.2) is 0 Å². The predicted molar refractivity (Wildman–Crippen MR) is 55.5 cm³/mol. The molecule has 1 aliphatic rings. The van der Waals surface area contributed by atoms with E-state index in [0.717, 1.165) is 18.0 Å². The zero-order valence-electron chi connectivity index (χ0n) is 7.44. The fourth-order valence-electron chi connectivity index (χ4n) is 1.53. The van der Waals surface area contributed by atoms with Crippen molar-refractivity contribution in [1.29, 1.82) is 0 Å². The standard InChI is InChI=1S/C9H13N3S/c10-9(13)8-4-11-12(6-8)5-7-2-1-3-7/h4,6-7H,1-3,5H2,(H2,10,13). The molecule has 0 radical (unpaired) electrons. The summed E-state index contributed by atoms with van der Waals surface area (Å²) in [7, 11) is 0. The van der Waals surface area contributed by atoms with Crippen molar-refractivity contribution in [3.05, 3.63) is 18.0 Å². The fourth-order valence-corrected chi connectivity index (χ4v) is 1.64. The van der Waals surface area contributed by atoms with Crippen molar-refractivity contribution >= 4 is 17.2 Å². The third-order valence-corrected chi connectivity index (χ3v) is 2.82. The minimum absolute atomic E-state index is 0.430. The summed E-state index contributed by atoms with van der Waals surface area (Å²) in [6, 6.07) is 0. The zero-order chi connectivity index (χ0) is 9.26. The molecule has 1 fully saturated rings. The van der Waals surface area contributed by atoms with Gasteiger partial charge in [-0.05, 0) is 18.8 Å². The molecule has 0 amide bonds. The average molecular weight is 195 g/mol.